The third-order valence-corrected chi connectivity index (χ3v) is 9.57. The molecular formula is C34H34N2O8S2. The molecule has 2 atom stereocenters. The van der Waals surface area contributed by atoms with Crippen molar-refractivity contribution >= 4 is 39.8 Å². The number of thioether (sulfide) groups is 1. The number of aryl methyl sites for hydroxylation is 1. The Kier molecular flexibility index (Phi) is 9.59. The molecule has 1 saturated heterocycles. The zero-order chi connectivity index (χ0) is 33.1. The molecule has 2 heterocycles. The lowest BCUT2D eigenvalue weighted by molar-refractivity contribution is -0.153. The summed E-state index contributed by atoms with van der Waals surface area (Å²) < 4.78 is 42.1. The van der Waals surface area contributed by atoms with Crippen LogP contribution in [-0.2, 0) is 33.4 Å². The molecule has 10 nitrogen and oxygen atoms in total. The summed E-state index contributed by atoms with van der Waals surface area (Å²) in [5.74, 6) is -1.14. The van der Waals surface area contributed by atoms with E-state index in [2.05, 4.69) is 5.32 Å². The van der Waals surface area contributed by atoms with Crippen molar-refractivity contribution < 1.29 is 36.5 Å². The van der Waals surface area contributed by atoms with Crippen LogP contribution in [0.3, 0.4) is 0 Å². The fourth-order valence-corrected chi connectivity index (χ4v) is 6.99. The number of alkyl carbamates (subject to hydrolysis) is 1. The molecule has 0 aliphatic carbocycles. The van der Waals surface area contributed by atoms with Gasteiger partial charge in [0, 0.05) is 5.75 Å². The van der Waals surface area contributed by atoms with Crippen LogP contribution >= 0.6 is 11.8 Å². The van der Waals surface area contributed by atoms with Crippen LogP contribution in [0.5, 0.6) is 0 Å². The van der Waals surface area contributed by atoms with Gasteiger partial charge in [0.2, 0.25) is 0 Å². The van der Waals surface area contributed by atoms with Gasteiger partial charge in [0.05, 0.1) is 0 Å². The molecule has 0 radical (unpaired) electrons. The molecule has 46 heavy (non-hydrogen) atoms. The summed E-state index contributed by atoms with van der Waals surface area (Å²) in [5, 5.41) is 1.98. The van der Waals surface area contributed by atoms with Gasteiger partial charge in [-0.25, -0.2) is 9.59 Å². The first-order chi connectivity index (χ1) is 21.8. The number of esters is 1. The number of carbonyl (C=O) groups excluding carboxylic acids is 3. The van der Waals surface area contributed by atoms with Crippen molar-refractivity contribution in [2.24, 2.45) is 0 Å². The largest absolute Gasteiger partial charge is 0.448 e. The summed E-state index contributed by atoms with van der Waals surface area (Å²) >= 11 is 1.29. The Bertz CT molecular complexity index is 1730. The van der Waals surface area contributed by atoms with Gasteiger partial charge in [0.25, 0.3) is 5.91 Å². The molecule has 240 valence electrons. The number of carbonyl (C=O) groups is 3. The summed E-state index contributed by atoms with van der Waals surface area (Å²) in [4.78, 5) is 41.2. The van der Waals surface area contributed by atoms with E-state index in [-0.39, 0.29) is 16.3 Å². The van der Waals surface area contributed by atoms with Crippen molar-refractivity contribution in [1.29, 1.82) is 0 Å². The Hall–Kier alpha value is -4.55. The average Bonchev–Trinajstić information content (AvgIpc) is 3.02. The van der Waals surface area contributed by atoms with Gasteiger partial charge in [-0.15, -0.1) is 11.8 Å². The van der Waals surface area contributed by atoms with Crippen LogP contribution in [0.15, 0.2) is 113 Å². The molecule has 0 spiro atoms. The van der Waals surface area contributed by atoms with Gasteiger partial charge < -0.3 is 19.0 Å². The van der Waals surface area contributed by atoms with E-state index in [0.717, 1.165) is 11.8 Å². The first kappa shape index (κ1) is 32.8. The summed E-state index contributed by atoms with van der Waals surface area (Å²) in [5.41, 5.74) is 1.79. The minimum Gasteiger partial charge on any atom is -0.448 e. The van der Waals surface area contributed by atoms with E-state index < -0.39 is 51.2 Å². The fraction of sp³-hybridized carbons (Fsp3) is 0.265. The zero-order valence-electron chi connectivity index (χ0n) is 25.7. The quantitative estimate of drug-likeness (QED) is 0.135. The Morgan fingerprint density at radius 2 is 1.54 bits per heavy atom. The van der Waals surface area contributed by atoms with E-state index in [1.807, 2.05) is 67.6 Å². The Morgan fingerprint density at radius 3 is 2.11 bits per heavy atom. The van der Waals surface area contributed by atoms with Gasteiger partial charge in [-0.1, -0.05) is 78.4 Å². The maximum atomic E-state index is 14.0. The van der Waals surface area contributed by atoms with Gasteiger partial charge in [0.1, 0.15) is 33.9 Å². The predicted octanol–water partition coefficient (Wildman–Crippen LogP) is 5.61. The van der Waals surface area contributed by atoms with E-state index in [1.54, 1.807) is 32.9 Å². The highest BCUT2D eigenvalue weighted by Gasteiger charge is 2.55. The number of β-lactam (4-membered cyclic amide) rings is 1. The van der Waals surface area contributed by atoms with E-state index in [4.69, 9.17) is 13.7 Å². The van der Waals surface area contributed by atoms with Crippen LogP contribution in [0.4, 0.5) is 4.79 Å². The number of nitrogens with zero attached hydrogens (tertiary/aromatic N) is 1. The summed E-state index contributed by atoms with van der Waals surface area (Å²) in [7, 11) is -4.14. The van der Waals surface area contributed by atoms with E-state index >= 15 is 0 Å². The third-order valence-electron chi connectivity index (χ3n) is 7.05. The molecule has 2 aliphatic heterocycles. The number of amides is 2. The SMILES string of the molecule is Cc1ccc(S(=O)(=O)OC=CC2=C(C(=O)OC(c3ccccc3)c3ccccc3)N3C(=O)C(NC(=O)OC(C)(C)C)C3SC2)cc1. The van der Waals surface area contributed by atoms with E-state index in [1.165, 1.54) is 34.9 Å². The number of nitrogens with one attached hydrogen (secondary N) is 1. The first-order valence-corrected chi connectivity index (χ1v) is 16.9. The second-order valence-electron chi connectivity index (χ2n) is 11.7. The smallest absolute Gasteiger partial charge is 0.408 e. The second-order valence-corrected chi connectivity index (χ2v) is 14.4. The van der Waals surface area contributed by atoms with Crippen molar-refractivity contribution in [3.05, 3.63) is 125 Å². The number of hydrogen-bond acceptors (Lipinski definition) is 9. The van der Waals surface area contributed by atoms with E-state index in [0.29, 0.717) is 16.7 Å². The average molecular weight is 663 g/mol. The highest BCUT2D eigenvalue weighted by Crippen LogP contribution is 2.42. The molecule has 3 aromatic carbocycles. The summed E-state index contributed by atoms with van der Waals surface area (Å²) in [6.07, 6.45) is 0.761. The van der Waals surface area contributed by atoms with Gasteiger partial charge in [-0.2, -0.15) is 8.42 Å². The Labute approximate surface area is 272 Å². The zero-order valence-corrected chi connectivity index (χ0v) is 27.3. The molecule has 2 unspecified atom stereocenters. The van der Waals surface area contributed by atoms with Crippen molar-refractivity contribution in [1.82, 2.24) is 10.2 Å². The van der Waals surface area contributed by atoms with Crippen LogP contribution in [-0.4, -0.2) is 54.1 Å². The first-order valence-electron chi connectivity index (χ1n) is 14.5. The van der Waals surface area contributed by atoms with Crippen molar-refractivity contribution in [3.63, 3.8) is 0 Å². The lowest BCUT2D eigenvalue weighted by Crippen LogP contribution is -2.70. The second kappa shape index (κ2) is 13.4. The van der Waals surface area contributed by atoms with Crippen molar-refractivity contribution in [3.8, 4) is 0 Å². The molecule has 5 rings (SSSR count). The molecule has 0 aromatic heterocycles. The van der Waals surface area contributed by atoms with Gasteiger partial charge in [-0.05, 0) is 62.6 Å². The maximum absolute atomic E-state index is 14.0. The number of allylic oxidation sites excluding steroid dienone is 1. The Balaban J connectivity index is 1.46. The van der Waals surface area contributed by atoms with Gasteiger partial charge >= 0.3 is 22.2 Å². The monoisotopic (exact) mass is 662 g/mol. The molecule has 1 N–H and O–H groups in total. The molecule has 0 saturated carbocycles. The molecule has 3 aromatic rings. The fourth-order valence-electron chi connectivity index (χ4n) is 4.89. The summed E-state index contributed by atoms with van der Waals surface area (Å²) in [6, 6.07) is 23.6. The molecular weight excluding hydrogens is 629 g/mol. The number of hydrogen-bond donors (Lipinski definition) is 1. The topological polar surface area (TPSA) is 128 Å². The van der Waals surface area contributed by atoms with Crippen LogP contribution < -0.4 is 5.32 Å². The normalized spacial score (nSPS) is 18.2. The standard InChI is InChI=1S/C34H34N2O8S2/c1-22-15-17-26(18-16-22)46(40,41)42-20-19-25-21-45-31-27(35-33(39)44-34(2,3)4)30(37)36(31)28(25)32(38)43-29(23-11-7-5-8-12-23)24-13-9-6-10-14-24/h5-20,27,29,31H,21H2,1-4H3,(H,35,39). The number of benzene rings is 3. The molecule has 2 aliphatic rings. The van der Waals surface area contributed by atoms with Crippen LogP contribution in [0.2, 0.25) is 0 Å². The predicted molar refractivity (Wildman–Crippen MR) is 173 cm³/mol. The summed E-state index contributed by atoms with van der Waals surface area (Å²) in [6.45, 7) is 6.97. The van der Waals surface area contributed by atoms with Gasteiger partial charge in [0.15, 0.2) is 6.10 Å². The van der Waals surface area contributed by atoms with E-state index in [9.17, 15) is 22.8 Å². The highest BCUT2D eigenvalue weighted by molar-refractivity contribution is 8.00. The van der Waals surface area contributed by atoms with Crippen molar-refractivity contribution in [2.75, 3.05) is 5.75 Å². The third kappa shape index (κ3) is 7.45. The number of rotatable bonds is 9. The lowest BCUT2D eigenvalue weighted by Gasteiger charge is -2.49. The van der Waals surface area contributed by atoms with Crippen LogP contribution in [0, 0.1) is 6.92 Å². The van der Waals surface area contributed by atoms with Gasteiger partial charge in [-0.3, -0.25) is 9.69 Å². The minimum atomic E-state index is -4.14. The molecule has 2 amide bonds. The lowest BCUT2D eigenvalue weighted by atomic mass is 10.0. The number of ether oxygens (including phenoxy) is 2. The highest BCUT2D eigenvalue weighted by atomic mass is 32.2. The molecule has 12 heteroatoms. The molecule has 0 bridgehead atoms. The van der Waals surface area contributed by atoms with Crippen LogP contribution in [0.25, 0.3) is 0 Å². The van der Waals surface area contributed by atoms with Crippen LogP contribution in [0.1, 0.15) is 43.6 Å². The maximum Gasteiger partial charge on any atom is 0.408 e. The minimum absolute atomic E-state index is 0.0306. The number of fused-ring (bicyclic) bond motifs is 1. The van der Waals surface area contributed by atoms with Crippen molar-refractivity contribution in [2.45, 2.75) is 55.7 Å². The Morgan fingerprint density at radius 1 is 0.957 bits per heavy atom. The molecule has 1 fully saturated rings.